The number of hydrogen-bond donors (Lipinski definition) is 1. The van der Waals surface area contributed by atoms with Gasteiger partial charge in [-0.15, -0.1) is 0 Å². The molecule has 5 rings (SSSR count). The molecule has 0 spiro atoms. The lowest BCUT2D eigenvalue weighted by atomic mass is 9.82. The number of carbonyl (C=O) groups excluding carboxylic acids is 1. The van der Waals surface area contributed by atoms with Crippen LogP contribution in [0.4, 0.5) is 4.39 Å². The van der Waals surface area contributed by atoms with Crippen molar-refractivity contribution in [3.05, 3.63) is 83.2 Å². The van der Waals surface area contributed by atoms with Gasteiger partial charge in [-0.1, -0.05) is 18.2 Å². The number of aromatic nitrogens is 2. The van der Waals surface area contributed by atoms with E-state index in [1.807, 2.05) is 46.9 Å². The summed E-state index contributed by atoms with van der Waals surface area (Å²) in [6.07, 6.45) is 7.64. The van der Waals surface area contributed by atoms with Gasteiger partial charge in [0.05, 0.1) is 43.0 Å². The van der Waals surface area contributed by atoms with Crippen LogP contribution >= 0.6 is 0 Å². The van der Waals surface area contributed by atoms with E-state index >= 15 is 0 Å². The number of halogens is 1. The molecule has 2 aromatic carbocycles. The number of rotatable bonds is 4. The zero-order chi connectivity index (χ0) is 23.8. The number of benzene rings is 2. The molecule has 1 unspecified atom stereocenters. The van der Waals surface area contributed by atoms with Crippen LogP contribution in [0.1, 0.15) is 48.5 Å². The van der Waals surface area contributed by atoms with E-state index in [1.165, 1.54) is 12.1 Å². The van der Waals surface area contributed by atoms with Crippen LogP contribution in [0.3, 0.4) is 0 Å². The fourth-order valence-corrected chi connectivity index (χ4v) is 5.20. The molecule has 176 valence electrons. The number of aliphatic hydroxyl groups excluding tert-OH is 1. The third-order valence-electron chi connectivity index (χ3n) is 6.84. The minimum absolute atomic E-state index is 0.0717. The van der Waals surface area contributed by atoms with Gasteiger partial charge in [-0.25, -0.2) is 9.37 Å². The van der Waals surface area contributed by atoms with E-state index in [9.17, 15) is 14.3 Å². The highest BCUT2D eigenvalue weighted by Gasteiger charge is 2.43. The quantitative estimate of drug-likeness (QED) is 0.577. The molecule has 3 heterocycles. The number of piperidine rings is 2. The first-order valence-electron chi connectivity index (χ1n) is 11.6. The summed E-state index contributed by atoms with van der Waals surface area (Å²) in [7, 11) is 1.61. The highest BCUT2D eigenvalue weighted by Crippen LogP contribution is 2.41. The second kappa shape index (κ2) is 9.06. The normalized spacial score (nSPS) is 23.8. The molecule has 2 aliphatic heterocycles. The molecular formula is C27H28FN3O3. The molecular weight excluding hydrogens is 433 g/mol. The van der Waals surface area contributed by atoms with Crippen molar-refractivity contribution in [3.8, 4) is 11.4 Å². The molecule has 7 heteroatoms. The number of fused-ring (bicyclic) bond motifs is 1. The fourth-order valence-electron chi connectivity index (χ4n) is 5.20. The van der Waals surface area contributed by atoms with Gasteiger partial charge in [-0.2, -0.15) is 0 Å². The summed E-state index contributed by atoms with van der Waals surface area (Å²) in [5.74, 6) is 0.290. The Labute approximate surface area is 198 Å². The lowest BCUT2D eigenvalue weighted by molar-refractivity contribution is -0.142. The van der Waals surface area contributed by atoms with Crippen molar-refractivity contribution in [3.63, 3.8) is 0 Å². The van der Waals surface area contributed by atoms with Crippen LogP contribution in [0.5, 0.6) is 5.75 Å². The van der Waals surface area contributed by atoms with Crippen LogP contribution < -0.4 is 4.74 Å². The first-order valence-corrected chi connectivity index (χ1v) is 11.6. The van der Waals surface area contributed by atoms with Gasteiger partial charge in [-0.05, 0) is 67.7 Å². The highest BCUT2D eigenvalue weighted by molar-refractivity contribution is 5.99. The van der Waals surface area contributed by atoms with E-state index in [0.29, 0.717) is 17.7 Å². The SMILES string of the molecule is COc1cc(/C=C2\CC(O)[C@@H]3CCC[C@H](c4ccc(F)cc4)N3C2=O)ccc1-n1cnc(C)c1. The largest absolute Gasteiger partial charge is 0.495 e. The second-order valence-corrected chi connectivity index (χ2v) is 9.07. The summed E-state index contributed by atoms with van der Waals surface area (Å²) >= 11 is 0. The Bertz CT molecular complexity index is 1230. The molecule has 34 heavy (non-hydrogen) atoms. The molecule has 2 fully saturated rings. The molecule has 6 nitrogen and oxygen atoms in total. The Hall–Kier alpha value is -3.45. The van der Waals surface area contributed by atoms with Gasteiger partial charge < -0.3 is 19.3 Å². The highest BCUT2D eigenvalue weighted by atomic mass is 19.1. The lowest BCUT2D eigenvalue weighted by Crippen LogP contribution is -2.55. The number of aliphatic hydroxyl groups is 1. The summed E-state index contributed by atoms with van der Waals surface area (Å²) in [4.78, 5) is 19.7. The predicted molar refractivity (Wildman–Crippen MR) is 127 cm³/mol. The smallest absolute Gasteiger partial charge is 0.250 e. The van der Waals surface area contributed by atoms with Crippen molar-refractivity contribution in [2.45, 2.75) is 50.8 Å². The molecule has 1 amide bonds. The van der Waals surface area contributed by atoms with Crippen LogP contribution in [-0.4, -0.2) is 44.7 Å². The van der Waals surface area contributed by atoms with Gasteiger partial charge in [0.2, 0.25) is 0 Å². The van der Waals surface area contributed by atoms with E-state index in [4.69, 9.17) is 4.74 Å². The third kappa shape index (κ3) is 4.12. The van der Waals surface area contributed by atoms with Gasteiger partial charge in [0.25, 0.3) is 5.91 Å². The van der Waals surface area contributed by atoms with Crippen LogP contribution in [-0.2, 0) is 4.79 Å². The summed E-state index contributed by atoms with van der Waals surface area (Å²) < 4.78 is 21.0. The maximum Gasteiger partial charge on any atom is 0.250 e. The lowest BCUT2D eigenvalue weighted by Gasteiger charge is -2.48. The summed E-state index contributed by atoms with van der Waals surface area (Å²) in [5.41, 5.74) is 4.04. The van der Waals surface area contributed by atoms with E-state index in [0.717, 1.165) is 41.8 Å². The number of nitrogens with zero attached hydrogens (tertiary/aromatic N) is 3. The number of aryl methyl sites for hydroxylation is 1. The van der Waals surface area contributed by atoms with Crippen molar-refractivity contribution < 1.29 is 19.0 Å². The average molecular weight is 462 g/mol. The van der Waals surface area contributed by atoms with Crippen molar-refractivity contribution in [1.29, 1.82) is 0 Å². The Balaban J connectivity index is 1.47. The first-order chi connectivity index (χ1) is 16.4. The Morgan fingerprint density at radius 1 is 1.18 bits per heavy atom. The van der Waals surface area contributed by atoms with Crippen molar-refractivity contribution in [2.24, 2.45) is 0 Å². The molecule has 1 aromatic heterocycles. The zero-order valence-corrected chi connectivity index (χ0v) is 19.3. The molecule has 0 radical (unpaired) electrons. The molecule has 1 N–H and O–H groups in total. The summed E-state index contributed by atoms with van der Waals surface area (Å²) in [6.45, 7) is 1.93. The molecule has 0 saturated carbocycles. The second-order valence-electron chi connectivity index (χ2n) is 9.07. The van der Waals surface area contributed by atoms with Gasteiger partial charge in [0.1, 0.15) is 11.6 Å². The fraction of sp³-hybridized carbons (Fsp3) is 0.333. The maximum absolute atomic E-state index is 13.6. The Morgan fingerprint density at radius 3 is 2.68 bits per heavy atom. The third-order valence-corrected chi connectivity index (χ3v) is 6.84. The van der Waals surface area contributed by atoms with E-state index < -0.39 is 6.10 Å². The Morgan fingerprint density at radius 2 is 1.97 bits per heavy atom. The molecule has 3 atom stereocenters. The van der Waals surface area contributed by atoms with Crippen molar-refractivity contribution >= 4 is 12.0 Å². The molecule has 0 aliphatic carbocycles. The first kappa shape index (κ1) is 22.3. The van der Waals surface area contributed by atoms with Crippen molar-refractivity contribution in [2.75, 3.05) is 7.11 Å². The monoisotopic (exact) mass is 461 g/mol. The minimum atomic E-state index is -0.637. The van der Waals surface area contributed by atoms with E-state index in [-0.39, 0.29) is 23.8 Å². The van der Waals surface area contributed by atoms with E-state index in [2.05, 4.69) is 4.98 Å². The molecule has 2 saturated heterocycles. The van der Waals surface area contributed by atoms with Crippen LogP contribution in [0, 0.1) is 12.7 Å². The minimum Gasteiger partial charge on any atom is -0.495 e. The number of ether oxygens (including phenoxy) is 1. The molecule has 2 aliphatic rings. The number of methoxy groups -OCH3 is 1. The number of carbonyl (C=O) groups is 1. The summed E-state index contributed by atoms with van der Waals surface area (Å²) in [5, 5.41) is 10.9. The van der Waals surface area contributed by atoms with Crippen molar-refractivity contribution in [1.82, 2.24) is 14.5 Å². The number of hydrogen-bond acceptors (Lipinski definition) is 4. The topological polar surface area (TPSA) is 67.6 Å². The van der Waals surface area contributed by atoms with Crippen LogP contribution in [0.15, 0.2) is 60.6 Å². The van der Waals surface area contributed by atoms with Gasteiger partial charge >= 0.3 is 0 Å². The zero-order valence-electron chi connectivity index (χ0n) is 19.3. The molecule has 3 aromatic rings. The standard InChI is InChI=1S/C27H28FN3O3/c1-17-15-30(16-29-17)24-11-6-18(13-26(24)34-2)12-20-14-25(32)23-5-3-4-22(31(23)27(20)33)19-7-9-21(28)10-8-19/h6-13,15-16,22-23,25,32H,3-5,14H2,1-2H3/b20-12+/t22-,23+,25?/m1/s1. The van der Waals surface area contributed by atoms with Gasteiger partial charge in [-0.3, -0.25) is 4.79 Å². The maximum atomic E-state index is 13.6. The number of amides is 1. The predicted octanol–water partition coefficient (Wildman–Crippen LogP) is 4.60. The van der Waals surface area contributed by atoms with E-state index in [1.54, 1.807) is 25.6 Å². The number of imidazole rings is 1. The van der Waals surface area contributed by atoms with Gasteiger partial charge in [0.15, 0.2) is 0 Å². The average Bonchev–Trinajstić information content (AvgIpc) is 3.28. The molecule has 0 bridgehead atoms. The Kier molecular flexibility index (Phi) is 5.96. The van der Waals surface area contributed by atoms with Gasteiger partial charge in [0, 0.05) is 18.2 Å². The van der Waals surface area contributed by atoms with Crippen LogP contribution in [0.25, 0.3) is 11.8 Å². The summed E-state index contributed by atoms with van der Waals surface area (Å²) in [6, 6.07) is 11.7. The van der Waals surface area contributed by atoms with Crippen LogP contribution in [0.2, 0.25) is 0 Å².